The molecule has 1 amide bonds. The van der Waals surface area contributed by atoms with E-state index in [1.54, 1.807) is 7.11 Å². The Morgan fingerprint density at radius 1 is 1.48 bits per heavy atom. The molecule has 114 valence electrons. The van der Waals surface area contributed by atoms with Crippen molar-refractivity contribution < 1.29 is 18.7 Å². The number of benzene rings is 1. The summed E-state index contributed by atoms with van der Waals surface area (Å²) >= 11 is 0. The average Bonchev–Trinajstić information content (AvgIpc) is 2.90. The Kier molecular flexibility index (Phi) is 5.19. The summed E-state index contributed by atoms with van der Waals surface area (Å²) in [5, 5.41) is 4.26. The first kappa shape index (κ1) is 15.3. The number of rotatable bonds is 8. The number of carbonyl (C=O) groups excluding carboxylic acids is 1. The molecule has 1 heterocycles. The molecule has 0 aliphatic heterocycles. The highest BCUT2D eigenvalue weighted by Gasteiger charge is 2.13. The number of nitrogens with one attached hydrogen (secondary N) is 1. The van der Waals surface area contributed by atoms with Crippen molar-refractivity contribution in [3.63, 3.8) is 0 Å². The summed E-state index contributed by atoms with van der Waals surface area (Å²) in [6.07, 6.45) is 0. The summed E-state index contributed by atoms with van der Waals surface area (Å²) in [5.74, 6) is 1.08. The highest BCUT2D eigenvalue weighted by Crippen LogP contribution is 2.30. The minimum absolute atomic E-state index is 0.0271. The van der Waals surface area contributed by atoms with Crippen LogP contribution in [0.1, 0.15) is 18.7 Å². The van der Waals surface area contributed by atoms with E-state index in [0.29, 0.717) is 13.2 Å². The summed E-state index contributed by atoms with van der Waals surface area (Å²) in [4.78, 5) is 10.5. The summed E-state index contributed by atoms with van der Waals surface area (Å²) in [7, 11) is 1.62. The predicted molar refractivity (Wildman–Crippen MR) is 79.2 cm³/mol. The molecule has 6 nitrogen and oxygen atoms in total. The van der Waals surface area contributed by atoms with Gasteiger partial charge >= 0.3 is 0 Å². The standard InChI is InChI=1S/C15H20N2O4/c1-10(17-6-7-20-9-14(16)18)13-8-11-4-3-5-12(19-2)15(11)21-13/h3-5,8,10,17H,6-7,9H2,1-2H3,(H2,16,18). The van der Waals surface area contributed by atoms with E-state index in [0.717, 1.165) is 22.5 Å². The number of methoxy groups -OCH3 is 1. The Balaban J connectivity index is 1.93. The smallest absolute Gasteiger partial charge is 0.243 e. The van der Waals surface area contributed by atoms with Gasteiger partial charge < -0.3 is 24.9 Å². The molecule has 2 aromatic rings. The zero-order valence-electron chi connectivity index (χ0n) is 12.2. The number of furan rings is 1. The monoisotopic (exact) mass is 292 g/mol. The highest BCUT2D eigenvalue weighted by atomic mass is 16.5. The van der Waals surface area contributed by atoms with Crippen molar-refractivity contribution in [2.45, 2.75) is 13.0 Å². The zero-order chi connectivity index (χ0) is 15.2. The number of ether oxygens (including phenoxy) is 2. The molecule has 21 heavy (non-hydrogen) atoms. The lowest BCUT2D eigenvalue weighted by molar-refractivity contribution is -0.122. The molecule has 0 radical (unpaired) electrons. The summed E-state index contributed by atoms with van der Waals surface area (Å²) in [6, 6.07) is 7.79. The van der Waals surface area contributed by atoms with Crippen molar-refractivity contribution in [1.82, 2.24) is 5.32 Å². The number of hydrogen-bond donors (Lipinski definition) is 2. The van der Waals surface area contributed by atoms with Crippen LogP contribution in [-0.2, 0) is 9.53 Å². The third kappa shape index (κ3) is 3.96. The predicted octanol–water partition coefficient (Wildman–Crippen LogP) is 1.59. The van der Waals surface area contributed by atoms with Crippen LogP contribution in [0.2, 0.25) is 0 Å². The Morgan fingerprint density at radius 2 is 2.29 bits per heavy atom. The topological polar surface area (TPSA) is 86.7 Å². The number of para-hydroxylation sites is 1. The van der Waals surface area contributed by atoms with Crippen LogP contribution in [0, 0.1) is 0 Å². The number of primary amides is 1. The van der Waals surface area contributed by atoms with Gasteiger partial charge in [-0.15, -0.1) is 0 Å². The number of fused-ring (bicyclic) bond motifs is 1. The maximum absolute atomic E-state index is 10.5. The Labute approximate surface area is 123 Å². The third-order valence-corrected chi connectivity index (χ3v) is 3.11. The van der Waals surface area contributed by atoms with E-state index >= 15 is 0 Å². The van der Waals surface area contributed by atoms with Crippen LogP contribution in [-0.4, -0.2) is 32.8 Å². The van der Waals surface area contributed by atoms with Crippen molar-refractivity contribution in [1.29, 1.82) is 0 Å². The van der Waals surface area contributed by atoms with E-state index < -0.39 is 5.91 Å². The first-order valence-corrected chi connectivity index (χ1v) is 6.77. The van der Waals surface area contributed by atoms with Gasteiger partial charge in [0.05, 0.1) is 19.8 Å². The second kappa shape index (κ2) is 7.10. The molecule has 1 atom stereocenters. The summed E-state index contributed by atoms with van der Waals surface area (Å²) in [5.41, 5.74) is 5.73. The third-order valence-electron chi connectivity index (χ3n) is 3.11. The van der Waals surface area contributed by atoms with Crippen LogP contribution in [0.25, 0.3) is 11.0 Å². The quantitative estimate of drug-likeness (QED) is 0.722. The van der Waals surface area contributed by atoms with Gasteiger partial charge in [-0.05, 0) is 19.1 Å². The second-order valence-electron chi connectivity index (χ2n) is 4.72. The molecule has 0 saturated carbocycles. The van der Waals surface area contributed by atoms with Crippen molar-refractivity contribution in [3.8, 4) is 5.75 Å². The van der Waals surface area contributed by atoms with Gasteiger partial charge in [0, 0.05) is 11.9 Å². The lowest BCUT2D eigenvalue weighted by Crippen LogP contribution is -2.25. The Morgan fingerprint density at radius 3 is 3.00 bits per heavy atom. The van der Waals surface area contributed by atoms with E-state index in [-0.39, 0.29) is 12.6 Å². The number of hydrogen-bond acceptors (Lipinski definition) is 5. The Hall–Kier alpha value is -2.05. The maximum Gasteiger partial charge on any atom is 0.243 e. The fourth-order valence-electron chi connectivity index (χ4n) is 2.05. The SMILES string of the molecule is COc1cccc2cc(C(C)NCCOCC(N)=O)oc12. The van der Waals surface area contributed by atoms with Gasteiger partial charge in [0.1, 0.15) is 12.4 Å². The highest BCUT2D eigenvalue weighted by molar-refractivity contribution is 5.83. The molecule has 1 unspecified atom stereocenters. The van der Waals surface area contributed by atoms with Gasteiger partial charge in [-0.2, -0.15) is 0 Å². The lowest BCUT2D eigenvalue weighted by atomic mass is 10.2. The van der Waals surface area contributed by atoms with Crippen molar-refractivity contribution in [2.24, 2.45) is 5.73 Å². The average molecular weight is 292 g/mol. The van der Waals surface area contributed by atoms with Gasteiger partial charge in [-0.3, -0.25) is 4.79 Å². The largest absolute Gasteiger partial charge is 0.493 e. The van der Waals surface area contributed by atoms with Crippen LogP contribution in [0.4, 0.5) is 0 Å². The van der Waals surface area contributed by atoms with E-state index in [9.17, 15) is 4.79 Å². The number of carbonyl (C=O) groups is 1. The lowest BCUT2D eigenvalue weighted by Gasteiger charge is -2.10. The van der Waals surface area contributed by atoms with Crippen molar-refractivity contribution in [2.75, 3.05) is 26.9 Å². The van der Waals surface area contributed by atoms with Gasteiger partial charge in [0.2, 0.25) is 5.91 Å². The van der Waals surface area contributed by atoms with Crippen LogP contribution < -0.4 is 15.8 Å². The van der Waals surface area contributed by atoms with Crippen molar-refractivity contribution >= 4 is 16.9 Å². The molecule has 1 aromatic carbocycles. The second-order valence-corrected chi connectivity index (χ2v) is 4.72. The van der Waals surface area contributed by atoms with E-state index in [1.807, 2.05) is 31.2 Å². The molecule has 1 aromatic heterocycles. The molecular formula is C15H20N2O4. The van der Waals surface area contributed by atoms with Crippen LogP contribution >= 0.6 is 0 Å². The van der Waals surface area contributed by atoms with Gasteiger partial charge in [-0.1, -0.05) is 12.1 Å². The zero-order valence-corrected chi connectivity index (χ0v) is 12.2. The van der Waals surface area contributed by atoms with Crippen LogP contribution in [0.5, 0.6) is 5.75 Å². The number of nitrogens with two attached hydrogens (primary N) is 1. The number of amides is 1. The maximum atomic E-state index is 10.5. The van der Waals surface area contributed by atoms with Gasteiger partial charge in [0.15, 0.2) is 11.3 Å². The first-order valence-electron chi connectivity index (χ1n) is 6.77. The fraction of sp³-hybridized carbons (Fsp3) is 0.400. The molecule has 0 aliphatic rings. The minimum atomic E-state index is -0.465. The van der Waals surface area contributed by atoms with Crippen LogP contribution in [0.3, 0.4) is 0 Å². The molecule has 0 bridgehead atoms. The molecule has 0 saturated heterocycles. The van der Waals surface area contributed by atoms with Gasteiger partial charge in [0.25, 0.3) is 0 Å². The van der Waals surface area contributed by atoms with E-state index in [4.69, 9.17) is 19.6 Å². The molecule has 2 rings (SSSR count). The van der Waals surface area contributed by atoms with E-state index in [1.165, 1.54) is 0 Å². The molecular weight excluding hydrogens is 272 g/mol. The van der Waals surface area contributed by atoms with E-state index in [2.05, 4.69) is 5.32 Å². The molecule has 0 spiro atoms. The summed E-state index contributed by atoms with van der Waals surface area (Å²) < 4.78 is 16.2. The Bertz CT molecular complexity index is 609. The molecule has 0 aliphatic carbocycles. The van der Waals surface area contributed by atoms with Crippen LogP contribution in [0.15, 0.2) is 28.7 Å². The molecule has 3 N–H and O–H groups in total. The molecule has 0 fully saturated rings. The molecule has 6 heteroatoms. The summed E-state index contributed by atoms with van der Waals surface area (Å²) in [6.45, 7) is 2.95. The van der Waals surface area contributed by atoms with Gasteiger partial charge in [-0.25, -0.2) is 0 Å². The fourth-order valence-corrected chi connectivity index (χ4v) is 2.05. The first-order chi connectivity index (χ1) is 10.1. The van der Waals surface area contributed by atoms with Crippen molar-refractivity contribution in [3.05, 3.63) is 30.0 Å². The minimum Gasteiger partial charge on any atom is -0.493 e. The normalized spacial score (nSPS) is 12.5.